The molecule has 0 aliphatic carbocycles. The number of alkyl halides is 1. The van der Waals surface area contributed by atoms with Crippen LogP contribution in [0.3, 0.4) is 0 Å². The van der Waals surface area contributed by atoms with Gasteiger partial charge < -0.3 is 0 Å². The summed E-state index contributed by atoms with van der Waals surface area (Å²) in [5.74, 6) is -0.302. The van der Waals surface area contributed by atoms with E-state index < -0.39 is 0 Å². The molecule has 94 valence electrons. The van der Waals surface area contributed by atoms with Crippen molar-refractivity contribution in [1.82, 2.24) is 0 Å². The third-order valence-electron chi connectivity index (χ3n) is 2.43. The zero-order valence-electron chi connectivity index (χ0n) is 8.98. The molecule has 0 unspecified atom stereocenters. The molecule has 0 aliphatic rings. The number of rotatable bonds is 2. The van der Waals surface area contributed by atoms with Crippen LogP contribution in [-0.2, 0) is 5.33 Å². The molecule has 2 aromatic rings. The fraction of sp³-hybridized carbons (Fsp3) is 0.0769. The number of halogens is 5. The Hall–Kier alpha value is -0.280. The molecule has 0 amide bonds. The summed E-state index contributed by atoms with van der Waals surface area (Å²) in [7, 11) is 0. The van der Waals surface area contributed by atoms with E-state index in [0.29, 0.717) is 26.0 Å². The van der Waals surface area contributed by atoms with Crippen LogP contribution in [0.4, 0.5) is 4.39 Å². The highest BCUT2D eigenvalue weighted by molar-refractivity contribution is 9.08. The molecule has 18 heavy (non-hydrogen) atoms. The molecule has 0 N–H and O–H groups in total. The predicted molar refractivity (Wildman–Crippen MR) is 79.5 cm³/mol. The van der Waals surface area contributed by atoms with Gasteiger partial charge in [-0.2, -0.15) is 0 Å². The lowest BCUT2D eigenvalue weighted by molar-refractivity contribution is 0.627. The average Bonchev–Trinajstić information content (AvgIpc) is 2.34. The first-order valence-corrected chi connectivity index (χ1v) is 7.27. The Balaban J connectivity index is 2.58. The van der Waals surface area contributed by atoms with Crippen LogP contribution in [0.5, 0.6) is 0 Å². The minimum atomic E-state index is -0.302. The highest BCUT2D eigenvalue weighted by Crippen LogP contribution is 2.35. The maximum absolute atomic E-state index is 13.5. The first kappa shape index (κ1) is 14.1. The van der Waals surface area contributed by atoms with Crippen LogP contribution >= 0.6 is 50.7 Å². The van der Waals surface area contributed by atoms with Crippen LogP contribution in [0, 0.1) is 5.82 Å². The smallest absolute Gasteiger partial charge is 0.124 e. The summed E-state index contributed by atoms with van der Waals surface area (Å²) in [6, 6.07) is 8.11. The zero-order valence-corrected chi connectivity index (χ0v) is 12.8. The highest BCUT2D eigenvalue weighted by atomic mass is 79.9. The lowest BCUT2D eigenvalue weighted by Crippen LogP contribution is -1.86. The number of hydrogen-bond donors (Lipinski definition) is 0. The molecule has 0 fully saturated rings. The van der Waals surface area contributed by atoms with Gasteiger partial charge in [0.25, 0.3) is 0 Å². The van der Waals surface area contributed by atoms with E-state index in [1.165, 1.54) is 12.1 Å². The van der Waals surface area contributed by atoms with Crippen LogP contribution < -0.4 is 0 Å². The topological polar surface area (TPSA) is 0 Å². The van der Waals surface area contributed by atoms with Gasteiger partial charge >= 0.3 is 0 Å². The Labute approximate surface area is 128 Å². The monoisotopic (exact) mass is 366 g/mol. The average molecular weight is 368 g/mol. The van der Waals surface area contributed by atoms with Crippen molar-refractivity contribution in [3.8, 4) is 11.1 Å². The summed E-state index contributed by atoms with van der Waals surface area (Å²) in [5, 5.41) is 1.58. The molecule has 0 saturated carbocycles. The van der Waals surface area contributed by atoms with Crippen LogP contribution in [0.15, 0.2) is 30.3 Å². The maximum Gasteiger partial charge on any atom is 0.124 e. The van der Waals surface area contributed by atoms with Gasteiger partial charge in [-0.05, 0) is 41.0 Å². The number of benzene rings is 2. The van der Waals surface area contributed by atoms with Crippen molar-refractivity contribution in [2.45, 2.75) is 5.33 Å². The van der Waals surface area contributed by atoms with Crippen molar-refractivity contribution in [2.24, 2.45) is 0 Å². The first-order chi connectivity index (χ1) is 8.51. The molecule has 0 aliphatic heterocycles. The molecule has 5 heteroatoms. The third-order valence-corrected chi connectivity index (χ3v) is 4.27. The highest BCUT2D eigenvalue weighted by Gasteiger charge is 2.09. The molecule has 2 aromatic carbocycles. The largest absolute Gasteiger partial charge is 0.207 e. The van der Waals surface area contributed by atoms with Gasteiger partial charge in [-0.1, -0.05) is 56.8 Å². The molecule has 0 saturated heterocycles. The van der Waals surface area contributed by atoms with E-state index in [1.807, 2.05) is 6.07 Å². The van der Waals surface area contributed by atoms with Crippen molar-refractivity contribution in [3.63, 3.8) is 0 Å². The summed E-state index contributed by atoms with van der Waals surface area (Å²) in [6.07, 6.45) is 0. The predicted octanol–water partition coefficient (Wildman–Crippen LogP) is 6.35. The Kier molecular flexibility index (Phi) is 4.54. The fourth-order valence-electron chi connectivity index (χ4n) is 1.62. The van der Waals surface area contributed by atoms with Gasteiger partial charge in [-0.3, -0.25) is 0 Å². The molecule has 2 rings (SSSR count). The Morgan fingerprint density at radius 2 is 1.44 bits per heavy atom. The second-order valence-electron chi connectivity index (χ2n) is 3.74. The SMILES string of the molecule is Fc1cc(CBr)cc(-c2cc(Cl)c(Cl)c(Cl)c2)c1. The van der Waals surface area contributed by atoms with Crippen molar-refractivity contribution >= 4 is 50.7 Å². The minimum absolute atomic E-state index is 0.302. The molecular weight excluding hydrogens is 361 g/mol. The maximum atomic E-state index is 13.5. The van der Waals surface area contributed by atoms with Crippen molar-refractivity contribution < 1.29 is 4.39 Å². The fourth-order valence-corrected chi connectivity index (χ4v) is 2.54. The third kappa shape index (κ3) is 3.00. The van der Waals surface area contributed by atoms with Gasteiger partial charge in [0, 0.05) is 5.33 Å². The Morgan fingerprint density at radius 1 is 0.889 bits per heavy atom. The van der Waals surface area contributed by atoms with Crippen molar-refractivity contribution in [1.29, 1.82) is 0 Å². The van der Waals surface area contributed by atoms with Gasteiger partial charge in [-0.25, -0.2) is 4.39 Å². The van der Waals surface area contributed by atoms with E-state index in [9.17, 15) is 4.39 Å². The second-order valence-corrected chi connectivity index (χ2v) is 5.49. The molecule has 0 nitrogen and oxygen atoms in total. The number of hydrogen-bond acceptors (Lipinski definition) is 0. The van der Waals surface area contributed by atoms with E-state index in [1.54, 1.807) is 12.1 Å². The zero-order chi connectivity index (χ0) is 13.3. The van der Waals surface area contributed by atoms with Crippen molar-refractivity contribution in [2.75, 3.05) is 0 Å². The van der Waals surface area contributed by atoms with Gasteiger partial charge in [0.05, 0.1) is 15.1 Å². The van der Waals surface area contributed by atoms with E-state index in [4.69, 9.17) is 34.8 Å². The molecule has 0 spiro atoms. The van der Waals surface area contributed by atoms with E-state index in [-0.39, 0.29) is 5.82 Å². The molecule has 0 heterocycles. The van der Waals surface area contributed by atoms with Gasteiger partial charge in [0.2, 0.25) is 0 Å². The first-order valence-electron chi connectivity index (χ1n) is 5.01. The Bertz CT molecular complexity index is 576. The molecular formula is C13H7BrCl3F. The van der Waals surface area contributed by atoms with Gasteiger partial charge in [-0.15, -0.1) is 0 Å². The lowest BCUT2D eigenvalue weighted by Gasteiger charge is -2.07. The summed E-state index contributed by atoms with van der Waals surface area (Å²) in [6.45, 7) is 0. The minimum Gasteiger partial charge on any atom is -0.207 e. The normalized spacial score (nSPS) is 10.7. The quantitative estimate of drug-likeness (QED) is 0.428. The molecule has 0 atom stereocenters. The van der Waals surface area contributed by atoms with Gasteiger partial charge in [0.15, 0.2) is 0 Å². The standard InChI is InChI=1S/C13H7BrCl3F/c14-6-7-1-8(3-10(18)2-7)9-4-11(15)13(17)12(16)5-9/h1-5H,6H2. The van der Waals surface area contributed by atoms with E-state index in [0.717, 1.165) is 11.1 Å². The van der Waals surface area contributed by atoms with Gasteiger partial charge in [0.1, 0.15) is 5.82 Å². The Morgan fingerprint density at radius 3 is 2.00 bits per heavy atom. The van der Waals surface area contributed by atoms with Crippen LogP contribution in [0.1, 0.15) is 5.56 Å². The van der Waals surface area contributed by atoms with Crippen LogP contribution in [0.25, 0.3) is 11.1 Å². The summed E-state index contributed by atoms with van der Waals surface area (Å²) in [5.41, 5.74) is 2.29. The lowest BCUT2D eigenvalue weighted by atomic mass is 10.0. The molecule has 0 aromatic heterocycles. The molecule has 0 radical (unpaired) electrons. The summed E-state index contributed by atoms with van der Waals surface area (Å²) in [4.78, 5) is 0. The van der Waals surface area contributed by atoms with Crippen molar-refractivity contribution in [3.05, 3.63) is 56.8 Å². The molecule has 0 bridgehead atoms. The van der Waals surface area contributed by atoms with E-state index in [2.05, 4.69) is 15.9 Å². The van der Waals surface area contributed by atoms with Crippen LogP contribution in [0.2, 0.25) is 15.1 Å². The summed E-state index contributed by atoms with van der Waals surface area (Å²) < 4.78 is 13.5. The van der Waals surface area contributed by atoms with E-state index >= 15 is 0 Å². The van der Waals surface area contributed by atoms with Crippen LogP contribution in [-0.4, -0.2) is 0 Å². The summed E-state index contributed by atoms with van der Waals surface area (Å²) >= 11 is 21.1. The second kappa shape index (κ2) is 5.79.